The Hall–Kier alpha value is 0.400. The molecule has 0 spiro atoms. The Kier molecular flexibility index (Phi) is 11.8. The molecular weight excluding hydrogens is 639 g/mol. The van der Waals surface area contributed by atoms with Gasteiger partial charge in [0.05, 0.1) is 28.4 Å². The van der Waals surface area contributed by atoms with E-state index in [1.165, 1.54) is 28.4 Å². The molecule has 0 saturated carbocycles. The quantitative estimate of drug-likeness (QED) is 0.310. The minimum absolute atomic E-state index is 0.00253. The van der Waals surface area contributed by atoms with Crippen LogP contribution in [0, 0.1) is 0 Å². The highest BCUT2D eigenvalue weighted by Crippen LogP contribution is 2.49. The number of hydrogen-bond acceptors (Lipinski definition) is 6. The molecule has 0 unspecified atom stereocenters. The second-order valence-electron chi connectivity index (χ2n) is 5.26. The molecule has 0 atom stereocenters. The van der Waals surface area contributed by atoms with Crippen LogP contribution in [0.25, 0.3) is 0 Å². The SMILES string of the molecule is COc1nc(C(Cl)(Cl)Cl)c(Cl)c(OC)c1Cl.COc1nc(C(Cl)(Cl)Cl)c(Cl)c(OC)c1Cl. The zero-order valence-electron chi connectivity index (χ0n) is 16.3. The third kappa shape index (κ3) is 7.20. The van der Waals surface area contributed by atoms with E-state index in [-0.39, 0.29) is 54.7 Å². The smallest absolute Gasteiger partial charge is 0.236 e. The van der Waals surface area contributed by atoms with Crippen molar-refractivity contribution >= 4 is 116 Å². The molecule has 32 heavy (non-hydrogen) atoms. The van der Waals surface area contributed by atoms with Gasteiger partial charge < -0.3 is 18.9 Å². The monoisotopic (exact) mass is 646 g/mol. The molecule has 0 N–H and O–H groups in total. The molecule has 0 radical (unpaired) electrons. The summed E-state index contributed by atoms with van der Waals surface area (Å²) in [7, 11) is 5.52. The average Bonchev–Trinajstić information content (AvgIpc) is 2.67. The molecule has 0 saturated heterocycles. The summed E-state index contributed by atoms with van der Waals surface area (Å²) in [6.45, 7) is 0. The second-order valence-corrected chi connectivity index (χ2v) is 11.3. The van der Waals surface area contributed by atoms with Crippen LogP contribution in [0.3, 0.4) is 0 Å². The molecule has 16 heteroatoms. The number of methoxy groups -OCH3 is 4. The first-order chi connectivity index (χ1) is 14.6. The van der Waals surface area contributed by atoms with Crippen molar-refractivity contribution in [1.82, 2.24) is 9.97 Å². The minimum atomic E-state index is -1.79. The van der Waals surface area contributed by atoms with Gasteiger partial charge in [0.1, 0.15) is 31.5 Å². The summed E-state index contributed by atoms with van der Waals surface area (Å²) in [6, 6.07) is 0. The predicted molar refractivity (Wildman–Crippen MR) is 133 cm³/mol. The van der Waals surface area contributed by atoms with Crippen LogP contribution < -0.4 is 18.9 Å². The summed E-state index contributed by atoms with van der Waals surface area (Å²) in [5.41, 5.74) is -0.00506. The first-order valence-corrected chi connectivity index (χ1v) is 11.5. The average molecular weight is 651 g/mol. The Labute approximate surface area is 234 Å². The van der Waals surface area contributed by atoms with Crippen molar-refractivity contribution in [2.45, 2.75) is 7.59 Å². The van der Waals surface area contributed by atoms with Gasteiger partial charge in [-0.2, -0.15) is 0 Å². The van der Waals surface area contributed by atoms with E-state index < -0.39 is 7.59 Å². The Morgan fingerprint density at radius 3 is 0.969 bits per heavy atom. The van der Waals surface area contributed by atoms with Crippen LogP contribution in [-0.2, 0) is 7.59 Å². The van der Waals surface area contributed by atoms with E-state index in [1.54, 1.807) is 0 Å². The molecule has 0 fully saturated rings. The van der Waals surface area contributed by atoms with Crippen molar-refractivity contribution in [3.63, 3.8) is 0 Å². The van der Waals surface area contributed by atoms with E-state index in [0.717, 1.165) is 0 Å². The third-order valence-electron chi connectivity index (χ3n) is 3.35. The fourth-order valence-electron chi connectivity index (χ4n) is 2.01. The van der Waals surface area contributed by atoms with E-state index in [1.807, 2.05) is 0 Å². The number of hydrogen-bond donors (Lipinski definition) is 0. The van der Waals surface area contributed by atoms with Crippen LogP contribution in [0.15, 0.2) is 0 Å². The lowest BCUT2D eigenvalue weighted by atomic mass is 10.3. The van der Waals surface area contributed by atoms with Crippen molar-refractivity contribution in [2.75, 3.05) is 28.4 Å². The van der Waals surface area contributed by atoms with E-state index in [0.29, 0.717) is 0 Å². The van der Waals surface area contributed by atoms with Gasteiger partial charge in [0.15, 0.2) is 11.5 Å². The Balaban J connectivity index is 0.000000320. The molecule has 2 heterocycles. The molecule has 0 aliphatic rings. The Morgan fingerprint density at radius 1 is 0.500 bits per heavy atom. The number of nitrogens with zero attached hydrogens (tertiary/aromatic N) is 2. The number of rotatable bonds is 4. The van der Waals surface area contributed by atoms with Crippen molar-refractivity contribution in [2.24, 2.45) is 0 Å². The zero-order valence-corrected chi connectivity index (χ0v) is 23.9. The molecular formula is C16H12Cl10N2O4. The van der Waals surface area contributed by atoms with Crippen molar-refractivity contribution < 1.29 is 18.9 Å². The molecule has 180 valence electrons. The van der Waals surface area contributed by atoms with E-state index in [9.17, 15) is 0 Å². The lowest BCUT2D eigenvalue weighted by Gasteiger charge is -2.17. The van der Waals surface area contributed by atoms with Gasteiger partial charge in [-0.05, 0) is 0 Å². The van der Waals surface area contributed by atoms with Gasteiger partial charge in [0, 0.05) is 0 Å². The number of pyridine rings is 2. The molecule has 2 aromatic rings. The van der Waals surface area contributed by atoms with Gasteiger partial charge in [-0.25, -0.2) is 9.97 Å². The summed E-state index contributed by atoms with van der Waals surface area (Å²) in [5.74, 6) is 0.446. The van der Waals surface area contributed by atoms with E-state index in [2.05, 4.69) is 9.97 Å². The fraction of sp³-hybridized carbons (Fsp3) is 0.375. The van der Waals surface area contributed by atoms with E-state index >= 15 is 0 Å². The third-order valence-corrected chi connectivity index (χ3v) is 5.79. The van der Waals surface area contributed by atoms with Crippen LogP contribution >= 0.6 is 116 Å². The molecule has 0 aromatic carbocycles. The summed E-state index contributed by atoms with van der Waals surface area (Å²) < 4.78 is 16.3. The molecule has 0 aliphatic heterocycles. The maximum Gasteiger partial charge on any atom is 0.236 e. The van der Waals surface area contributed by atoms with Crippen molar-refractivity contribution in [1.29, 1.82) is 0 Å². The van der Waals surface area contributed by atoms with Crippen LogP contribution in [0.1, 0.15) is 11.4 Å². The summed E-state index contributed by atoms with van der Waals surface area (Å²) >= 11 is 57.9. The second kappa shape index (κ2) is 12.4. The Bertz CT molecular complexity index is 886. The topological polar surface area (TPSA) is 62.7 Å². The first kappa shape index (κ1) is 30.4. The standard InChI is InChI=1S/2C8H6Cl5NO2/c2*1-15-5-3(9)6(8(11,12)13)14-7(16-2)4(5)10/h2*1-2H3. The number of ether oxygens (including phenoxy) is 4. The minimum Gasteiger partial charge on any atom is -0.493 e. The molecule has 0 amide bonds. The lowest BCUT2D eigenvalue weighted by Crippen LogP contribution is -2.08. The maximum absolute atomic E-state index is 5.95. The predicted octanol–water partition coefficient (Wildman–Crippen LogP) is 8.46. The highest BCUT2D eigenvalue weighted by molar-refractivity contribution is 6.67. The molecule has 6 nitrogen and oxygen atoms in total. The van der Waals surface area contributed by atoms with Gasteiger partial charge >= 0.3 is 0 Å². The normalized spacial score (nSPS) is 11.4. The van der Waals surface area contributed by atoms with Crippen LogP contribution in [-0.4, -0.2) is 38.4 Å². The Morgan fingerprint density at radius 2 is 0.781 bits per heavy atom. The highest BCUT2D eigenvalue weighted by atomic mass is 35.6. The van der Waals surface area contributed by atoms with Crippen LogP contribution in [0.5, 0.6) is 23.3 Å². The van der Waals surface area contributed by atoms with Gasteiger partial charge in [-0.15, -0.1) is 0 Å². The van der Waals surface area contributed by atoms with Crippen molar-refractivity contribution in [3.8, 4) is 23.3 Å². The summed E-state index contributed by atoms with van der Waals surface area (Å²) in [6.07, 6.45) is 0. The molecule has 0 bridgehead atoms. The van der Waals surface area contributed by atoms with E-state index in [4.69, 9.17) is 135 Å². The summed E-state index contributed by atoms with van der Waals surface area (Å²) in [5, 5.41) is 0.308. The fourth-order valence-corrected chi connectivity index (χ4v) is 4.51. The van der Waals surface area contributed by atoms with Crippen molar-refractivity contribution in [3.05, 3.63) is 31.5 Å². The summed E-state index contributed by atoms with van der Waals surface area (Å²) in [4.78, 5) is 7.82. The van der Waals surface area contributed by atoms with Gasteiger partial charge in [-0.3, -0.25) is 0 Å². The lowest BCUT2D eigenvalue weighted by molar-refractivity contribution is 0.381. The van der Waals surface area contributed by atoms with Gasteiger partial charge in [-0.1, -0.05) is 116 Å². The molecule has 0 aliphatic carbocycles. The number of aromatic nitrogens is 2. The van der Waals surface area contributed by atoms with Gasteiger partial charge in [0.25, 0.3) is 0 Å². The number of halogens is 10. The molecule has 2 rings (SSSR count). The number of alkyl halides is 6. The van der Waals surface area contributed by atoms with Crippen LogP contribution in [0.2, 0.25) is 20.1 Å². The first-order valence-electron chi connectivity index (χ1n) is 7.73. The zero-order chi connectivity index (χ0) is 25.0. The highest BCUT2D eigenvalue weighted by Gasteiger charge is 2.33. The largest absolute Gasteiger partial charge is 0.493 e. The van der Waals surface area contributed by atoms with Crippen LogP contribution in [0.4, 0.5) is 0 Å². The maximum atomic E-state index is 5.95. The van der Waals surface area contributed by atoms with Gasteiger partial charge in [0.2, 0.25) is 19.3 Å². The molecule has 2 aromatic heterocycles.